The largest absolute Gasteiger partial charge is 0.508 e. The SMILES string of the molecule is COC(=O)[C@@H](Cc1ccc(O)cc1)C(=O)N[C@@H]1CCCN1C(=O)[C@H](/C=C/[C@H](CC(C)C)NC(=O)OC(C)(C)C)Cc1ccccc1. The van der Waals surface area contributed by atoms with Crippen molar-refractivity contribution in [2.45, 2.75) is 84.5 Å². The van der Waals surface area contributed by atoms with Gasteiger partial charge in [0.1, 0.15) is 23.4 Å². The molecular formula is C36H49N3O7. The van der Waals surface area contributed by atoms with Crippen LogP contribution in [0.4, 0.5) is 4.79 Å². The van der Waals surface area contributed by atoms with Gasteiger partial charge < -0.3 is 30.1 Å². The molecule has 10 nitrogen and oxygen atoms in total. The number of likely N-dealkylation sites (tertiary alicyclic amines) is 1. The van der Waals surface area contributed by atoms with E-state index in [1.54, 1.807) is 37.8 Å². The molecular weight excluding hydrogens is 586 g/mol. The predicted octanol–water partition coefficient (Wildman–Crippen LogP) is 5.14. The van der Waals surface area contributed by atoms with Gasteiger partial charge in [0.2, 0.25) is 11.8 Å². The monoisotopic (exact) mass is 635 g/mol. The quantitative estimate of drug-likeness (QED) is 0.158. The van der Waals surface area contributed by atoms with Gasteiger partial charge in [-0.2, -0.15) is 0 Å². The second-order valence-electron chi connectivity index (χ2n) is 13.2. The minimum absolute atomic E-state index is 0.0817. The molecule has 0 aromatic heterocycles. The number of nitrogens with zero attached hydrogens (tertiary/aromatic N) is 1. The van der Waals surface area contributed by atoms with Crippen LogP contribution in [0.25, 0.3) is 0 Å². The number of methoxy groups -OCH3 is 1. The molecule has 0 radical (unpaired) electrons. The number of rotatable bonds is 13. The molecule has 1 heterocycles. The predicted molar refractivity (Wildman–Crippen MR) is 176 cm³/mol. The molecule has 3 rings (SSSR count). The molecule has 1 saturated heterocycles. The maximum atomic E-state index is 14.2. The number of benzene rings is 2. The fourth-order valence-corrected chi connectivity index (χ4v) is 5.48. The molecule has 3 N–H and O–H groups in total. The molecule has 0 bridgehead atoms. The van der Waals surface area contributed by atoms with Gasteiger partial charge in [-0.15, -0.1) is 0 Å². The zero-order valence-corrected chi connectivity index (χ0v) is 27.8. The van der Waals surface area contributed by atoms with Crippen molar-refractivity contribution in [3.8, 4) is 5.75 Å². The Hall–Kier alpha value is -4.34. The first-order valence-electron chi connectivity index (χ1n) is 15.9. The average molecular weight is 636 g/mol. The number of esters is 1. The molecule has 4 atom stereocenters. The highest BCUT2D eigenvalue weighted by Crippen LogP contribution is 2.23. The van der Waals surface area contributed by atoms with E-state index in [-0.39, 0.29) is 30.0 Å². The lowest BCUT2D eigenvalue weighted by atomic mass is 9.95. The normalized spacial score (nSPS) is 16.9. The molecule has 1 aliphatic heterocycles. The number of hydrogen-bond donors (Lipinski definition) is 3. The number of carbonyl (C=O) groups is 4. The summed E-state index contributed by atoms with van der Waals surface area (Å²) >= 11 is 0. The van der Waals surface area contributed by atoms with E-state index in [0.717, 1.165) is 5.56 Å². The molecule has 1 aliphatic rings. The van der Waals surface area contributed by atoms with Gasteiger partial charge >= 0.3 is 12.1 Å². The fourth-order valence-electron chi connectivity index (χ4n) is 5.48. The molecule has 2 aromatic rings. The molecule has 0 saturated carbocycles. The van der Waals surface area contributed by atoms with Crippen LogP contribution in [0.5, 0.6) is 5.75 Å². The van der Waals surface area contributed by atoms with Gasteiger partial charge in [0.05, 0.1) is 19.1 Å². The first-order chi connectivity index (χ1) is 21.8. The summed E-state index contributed by atoms with van der Waals surface area (Å²) in [5.41, 5.74) is 1.02. The molecule has 0 spiro atoms. The van der Waals surface area contributed by atoms with Crippen molar-refractivity contribution in [3.05, 3.63) is 77.9 Å². The zero-order chi connectivity index (χ0) is 33.9. The lowest BCUT2D eigenvalue weighted by Gasteiger charge is -2.30. The third kappa shape index (κ3) is 11.5. The molecule has 1 fully saturated rings. The van der Waals surface area contributed by atoms with Crippen LogP contribution < -0.4 is 10.6 Å². The van der Waals surface area contributed by atoms with E-state index in [1.807, 2.05) is 42.5 Å². The lowest BCUT2D eigenvalue weighted by molar-refractivity contribution is -0.150. The van der Waals surface area contributed by atoms with Crippen LogP contribution in [0.1, 0.15) is 65.0 Å². The van der Waals surface area contributed by atoms with Gasteiger partial charge in [-0.05, 0) is 82.1 Å². The minimum atomic E-state index is -1.12. The lowest BCUT2D eigenvalue weighted by Crippen LogP contribution is -2.51. The van der Waals surface area contributed by atoms with E-state index in [1.165, 1.54) is 19.2 Å². The van der Waals surface area contributed by atoms with Crippen LogP contribution in [0, 0.1) is 17.8 Å². The summed E-state index contributed by atoms with van der Waals surface area (Å²) < 4.78 is 10.4. The Balaban J connectivity index is 1.82. The number of amides is 3. The molecule has 3 amide bonds. The summed E-state index contributed by atoms with van der Waals surface area (Å²) in [4.78, 5) is 54.5. The number of aromatic hydroxyl groups is 1. The third-order valence-electron chi connectivity index (χ3n) is 7.64. The molecule has 250 valence electrons. The van der Waals surface area contributed by atoms with Crippen molar-refractivity contribution >= 4 is 23.9 Å². The number of phenols is 1. The van der Waals surface area contributed by atoms with Crippen molar-refractivity contribution in [2.75, 3.05) is 13.7 Å². The van der Waals surface area contributed by atoms with Gasteiger partial charge in [-0.25, -0.2) is 4.79 Å². The van der Waals surface area contributed by atoms with Gasteiger partial charge in [-0.1, -0.05) is 68.5 Å². The van der Waals surface area contributed by atoms with E-state index in [4.69, 9.17) is 9.47 Å². The molecule has 10 heteroatoms. The Morgan fingerprint density at radius 3 is 2.24 bits per heavy atom. The molecule has 2 aromatic carbocycles. The summed E-state index contributed by atoms with van der Waals surface area (Å²) in [5.74, 6) is -2.70. The Morgan fingerprint density at radius 2 is 1.63 bits per heavy atom. The highest BCUT2D eigenvalue weighted by Gasteiger charge is 2.36. The second-order valence-corrected chi connectivity index (χ2v) is 13.2. The molecule has 46 heavy (non-hydrogen) atoms. The van der Waals surface area contributed by atoms with Gasteiger partial charge in [-0.3, -0.25) is 14.4 Å². The van der Waals surface area contributed by atoms with E-state index >= 15 is 0 Å². The number of carbonyl (C=O) groups excluding carboxylic acids is 4. The summed E-state index contributed by atoms with van der Waals surface area (Å²) in [7, 11) is 1.23. The number of hydrogen-bond acceptors (Lipinski definition) is 7. The number of nitrogens with one attached hydrogen (secondary N) is 2. The van der Waals surface area contributed by atoms with Crippen molar-refractivity contribution in [3.63, 3.8) is 0 Å². The van der Waals surface area contributed by atoms with Crippen molar-refractivity contribution in [2.24, 2.45) is 17.8 Å². The summed E-state index contributed by atoms with van der Waals surface area (Å²) in [6, 6.07) is 15.6. The highest BCUT2D eigenvalue weighted by atomic mass is 16.6. The van der Waals surface area contributed by atoms with Crippen molar-refractivity contribution in [1.82, 2.24) is 15.5 Å². The fraction of sp³-hybridized carbons (Fsp3) is 0.500. The van der Waals surface area contributed by atoms with Crippen molar-refractivity contribution < 1.29 is 33.8 Å². The van der Waals surface area contributed by atoms with E-state index in [9.17, 15) is 24.3 Å². The Labute approximate surface area is 272 Å². The summed E-state index contributed by atoms with van der Waals surface area (Å²) in [6.45, 7) is 9.99. The maximum absolute atomic E-state index is 14.2. The summed E-state index contributed by atoms with van der Waals surface area (Å²) in [5, 5.41) is 15.5. The van der Waals surface area contributed by atoms with E-state index < -0.39 is 41.6 Å². The molecule has 0 aliphatic carbocycles. The highest BCUT2D eigenvalue weighted by molar-refractivity contribution is 5.98. The Morgan fingerprint density at radius 1 is 0.978 bits per heavy atom. The third-order valence-corrected chi connectivity index (χ3v) is 7.64. The zero-order valence-electron chi connectivity index (χ0n) is 27.8. The van der Waals surface area contributed by atoms with Crippen LogP contribution >= 0.6 is 0 Å². The Kier molecular flexibility index (Phi) is 13.2. The average Bonchev–Trinajstić information content (AvgIpc) is 3.45. The van der Waals surface area contributed by atoms with Crippen LogP contribution in [-0.4, -0.2) is 65.3 Å². The minimum Gasteiger partial charge on any atom is -0.508 e. The van der Waals surface area contributed by atoms with Crippen molar-refractivity contribution in [1.29, 1.82) is 0 Å². The molecule has 0 unspecified atom stereocenters. The van der Waals surface area contributed by atoms with Gasteiger partial charge in [0.25, 0.3) is 0 Å². The first-order valence-corrected chi connectivity index (χ1v) is 15.9. The first kappa shape index (κ1) is 36.1. The van der Waals surface area contributed by atoms with Gasteiger partial charge in [0, 0.05) is 6.54 Å². The van der Waals surface area contributed by atoms with E-state index in [2.05, 4.69) is 24.5 Å². The maximum Gasteiger partial charge on any atom is 0.408 e. The van der Waals surface area contributed by atoms with Crippen LogP contribution in [-0.2, 0) is 36.7 Å². The Bertz CT molecular complexity index is 1340. The van der Waals surface area contributed by atoms with Gasteiger partial charge in [0.15, 0.2) is 0 Å². The second kappa shape index (κ2) is 16.8. The number of alkyl carbamates (subject to hydrolysis) is 1. The smallest absolute Gasteiger partial charge is 0.408 e. The van der Waals surface area contributed by atoms with Crippen LogP contribution in [0.2, 0.25) is 0 Å². The van der Waals surface area contributed by atoms with E-state index in [0.29, 0.717) is 37.8 Å². The summed E-state index contributed by atoms with van der Waals surface area (Å²) in [6.07, 6.45) is 5.00. The standard InChI is InChI=1S/C36H49N3O7/c1-24(2)21-28(37-35(44)46-36(3,4)5)17-16-27(22-25-11-8-7-9-12-25)33(42)39-20-10-13-31(39)38-32(41)30(34(43)45-6)23-26-14-18-29(40)19-15-26/h7-9,11-12,14-19,24,27-28,30-31,40H,10,13,20-23H2,1-6H3,(H,37,44)(H,38,41)/b17-16+/t27-,28-,30+,31+/m1/s1. The number of ether oxygens (including phenoxy) is 2. The topological polar surface area (TPSA) is 134 Å². The van der Waals surface area contributed by atoms with Crippen LogP contribution in [0.15, 0.2) is 66.7 Å². The van der Waals surface area contributed by atoms with Crippen LogP contribution in [0.3, 0.4) is 0 Å². The number of phenolic OH excluding ortho intramolecular Hbond substituents is 1.